The number of rotatable bonds is 5. The standard InChI is InChI=1S/C17H27N3O/c1-3-11-18-14(2)15-9-5-6-10-16(15)19-17(21)20-12-7-4-8-13-20/h5-6,9-10,14,18H,3-4,7-8,11-13H2,1-2H3,(H,19,21). The maximum absolute atomic E-state index is 12.4. The highest BCUT2D eigenvalue weighted by atomic mass is 16.2. The highest BCUT2D eigenvalue weighted by Gasteiger charge is 2.18. The number of carbonyl (C=O) groups excluding carboxylic acids is 1. The number of hydrogen-bond acceptors (Lipinski definition) is 2. The molecule has 1 fully saturated rings. The van der Waals surface area contributed by atoms with Gasteiger partial charge < -0.3 is 15.5 Å². The number of hydrogen-bond donors (Lipinski definition) is 2. The van der Waals surface area contributed by atoms with Crippen molar-refractivity contribution in [3.05, 3.63) is 29.8 Å². The van der Waals surface area contributed by atoms with Crippen LogP contribution < -0.4 is 10.6 Å². The van der Waals surface area contributed by atoms with Crippen LogP contribution in [-0.4, -0.2) is 30.6 Å². The molecule has 2 amide bonds. The molecule has 0 aliphatic carbocycles. The van der Waals surface area contributed by atoms with Crippen LogP contribution in [0.25, 0.3) is 0 Å². The highest BCUT2D eigenvalue weighted by molar-refractivity contribution is 5.90. The lowest BCUT2D eigenvalue weighted by atomic mass is 10.1. The summed E-state index contributed by atoms with van der Waals surface area (Å²) in [4.78, 5) is 14.3. The van der Waals surface area contributed by atoms with Crippen molar-refractivity contribution in [2.45, 2.75) is 45.6 Å². The van der Waals surface area contributed by atoms with Crippen LogP contribution in [0.1, 0.15) is 51.1 Å². The Kier molecular flexibility index (Phi) is 6.05. The van der Waals surface area contributed by atoms with Crippen molar-refractivity contribution < 1.29 is 4.79 Å². The van der Waals surface area contributed by atoms with Crippen molar-refractivity contribution in [3.63, 3.8) is 0 Å². The monoisotopic (exact) mass is 289 g/mol. The Hall–Kier alpha value is -1.55. The molecule has 0 bridgehead atoms. The quantitative estimate of drug-likeness (QED) is 0.866. The van der Waals surface area contributed by atoms with Crippen LogP contribution in [-0.2, 0) is 0 Å². The molecule has 1 atom stereocenters. The van der Waals surface area contributed by atoms with Crippen molar-refractivity contribution in [1.29, 1.82) is 0 Å². The lowest BCUT2D eigenvalue weighted by Crippen LogP contribution is -2.39. The average Bonchev–Trinajstić information content (AvgIpc) is 2.54. The van der Waals surface area contributed by atoms with E-state index in [1.807, 2.05) is 23.1 Å². The molecule has 1 aliphatic rings. The Balaban J connectivity index is 2.03. The van der Waals surface area contributed by atoms with E-state index in [0.717, 1.165) is 50.1 Å². The summed E-state index contributed by atoms with van der Waals surface area (Å²) in [7, 11) is 0. The van der Waals surface area contributed by atoms with Gasteiger partial charge in [0.25, 0.3) is 0 Å². The lowest BCUT2D eigenvalue weighted by molar-refractivity contribution is 0.200. The summed E-state index contributed by atoms with van der Waals surface area (Å²) in [6, 6.07) is 8.34. The first kappa shape index (κ1) is 15.8. The predicted octanol–water partition coefficient (Wildman–Crippen LogP) is 3.77. The molecule has 1 aromatic carbocycles. The number of anilines is 1. The summed E-state index contributed by atoms with van der Waals surface area (Å²) in [6.07, 6.45) is 4.57. The van der Waals surface area contributed by atoms with E-state index in [0.29, 0.717) is 0 Å². The van der Waals surface area contributed by atoms with Gasteiger partial charge in [0.1, 0.15) is 0 Å². The van der Waals surface area contributed by atoms with Crippen LogP contribution in [0, 0.1) is 0 Å². The predicted molar refractivity (Wildman–Crippen MR) is 87.6 cm³/mol. The summed E-state index contributed by atoms with van der Waals surface area (Å²) >= 11 is 0. The second-order valence-electron chi connectivity index (χ2n) is 5.74. The Bertz CT molecular complexity index is 455. The Morgan fingerprint density at radius 2 is 1.95 bits per heavy atom. The molecule has 2 N–H and O–H groups in total. The van der Waals surface area contributed by atoms with Gasteiger partial charge in [-0.05, 0) is 50.8 Å². The third kappa shape index (κ3) is 4.46. The van der Waals surface area contributed by atoms with Crippen LogP contribution in [0.3, 0.4) is 0 Å². The minimum Gasteiger partial charge on any atom is -0.325 e. The fourth-order valence-electron chi connectivity index (χ4n) is 2.75. The van der Waals surface area contributed by atoms with Gasteiger partial charge >= 0.3 is 6.03 Å². The topological polar surface area (TPSA) is 44.4 Å². The number of amides is 2. The first-order valence-electron chi connectivity index (χ1n) is 8.10. The first-order chi connectivity index (χ1) is 10.2. The number of nitrogens with one attached hydrogen (secondary N) is 2. The van der Waals surface area contributed by atoms with E-state index >= 15 is 0 Å². The smallest absolute Gasteiger partial charge is 0.321 e. The summed E-state index contributed by atoms with van der Waals surface area (Å²) in [5.41, 5.74) is 2.07. The zero-order valence-electron chi connectivity index (χ0n) is 13.2. The molecular weight excluding hydrogens is 262 g/mol. The SMILES string of the molecule is CCCNC(C)c1ccccc1NC(=O)N1CCCCC1. The summed E-state index contributed by atoms with van der Waals surface area (Å²) < 4.78 is 0. The molecule has 1 saturated heterocycles. The molecule has 0 aromatic heterocycles. The largest absolute Gasteiger partial charge is 0.325 e. The van der Waals surface area contributed by atoms with Gasteiger partial charge in [0.15, 0.2) is 0 Å². The molecule has 1 heterocycles. The Morgan fingerprint density at radius 1 is 1.24 bits per heavy atom. The molecular formula is C17H27N3O. The van der Waals surface area contributed by atoms with Gasteiger partial charge in [0.2, 0.25) is 0 Å². The second-order valence-corrected chi connectivity index (χ2v) is 5.74. The molecule has 1 aliphatic heterocycles. The van der Waals surface area contributed by atoms with Gasteiger partial charge in [0.05, 0.1) is 0 Å². The van der Waals surface area contributed by atoms with Crippen molar-refractivity contribution in [3.8, 4) is 0 Å². The van der Waals surface area contributed by atoms with Crippen LogP contribution in [0.15, 0.2) is 24.3 Å². The van der Waals surface area contributed by atoms with Gasteiger partial charge in [-0.1, -0.05) is 25.1 Å². The number of piperidine rings is 1. The summed E-state index contributed by atoms with van der Waals surface area (Å²) in [5, 5.41) is 6.56. The van der Waals surface area contributed by atoms with Crippen molar-refractivity contribution in [1.82, 2.24) is 10.2 Å². The van der Waals surface area contributed by atoms with Crippen molar-refractivity contribution in [2.75, 3.05) is 25.0 Å². The molecule has 0 saturated carbocycles. The third-order valence-electron chi connectivity index (χ3n) is 4.01. The van der Waals surface area contributed by atoms with E-state index in [4.69, 9.17) is 0 Å². The molecule has 4 heteroatoms. The van der Waals surface area contributed by atoms with E-state index in [1.165, 1.54) is 6.42 Å². The average molecular weight is 289 g/mol. The number of para-hydroxylation sites is 1. The Labute approximate surface area is 127 Å². The Morgan fingerprint density at radius 3 is 2.67 bits per heavy atom. The van der Waals surface area contributed by atoms with Crippen molar-refractivity contribution >= 4 is 11.7 Å². The molecule has 4 nitrogen and oxygen atoms in total. The number of nitrogens with zero attached hydrogens (tertiary/aromatic N) is 1. The number of likely N-dealkylation sites (tertiary alicyclic amines) is 1. The maximum atomic E-state index is 12.4. The van der Waals surface area contributed by atoms with E-state index in [-0.39, 0.29) is 12.1 Å². The minimum atomic E-state index is 0.0323. The van der Waals surface area contributed by atoms with E-state index in [9.17, 15) is 4.79 Å². The first-order valence-corrected chi connectivity index (χ1v) is 8.10. The number of carbonyl (C=O) groups is 1. The minimum absolute atomic E-state index is 0.0323. The molecule has 1 unspecified atom stereocenters. The lowest BCUT2D eigenvalue weighted by Gasteiger charge is -2.27. The maximum Gasteiger partial charge on any atom is 0.321 e. The van der Waals surface area contributed by atoms with Gasteiger partial charge in [-0.2, -0.15) is 0 Å². The zero-order valence-corrected chi connectivity index (χ0v) is 13.2. The second kappa shape index (κ2) is 8.03. The molecule has 116 valence electrons. The van der Waals surface area contributed by atoms with E-state index in [2.05, 4.69) is 30.5 Å². The van der Waals surface area contributed by atoms with Gasteiger partial charge in [-0.25, -0.2) is 4.79 Å². The molecule has 2 rings (SSSR count). The fourth-order valence-corrected chi connectivity index (χ4v) is 2.75. The normalized spacial score (nSPS) is 16.6. The van der Waals surface area contributed by atoms with E-state index in [1.54, 1.807) is 0 Å². The third-order valence-corrected chi connectivity index (χ3v) is 4.01. The molecule has 1 aromatic rings. The molecule has 0 spiro atoms. The number of benzene rings is 1. The zero-order chi connectivity index (χ0) is 15.1. The van der Waals surface area contributed by atoms with Gasteiger partial charge in [-0.3, -0.25) is 0 Å². The van der Waals surface area contributed by atoms with Gasteiger partial charge in [-0.15, -0.1) is 0 Å². The van der Waals surface area contributed by atoms with Gasteiger partial charge in [0, 0.05) is 24.8 Å². The van der Waals surface area contributed by atoms with E-state index < -0.39 is 0 Å². The van der Waals surface area contributed by atoms with Crippen LogP contribution >= 0.6 is 0 Å². The van der Waals surface area contributed by atoms with Crippen LogP contribution in [0.2, 0.25) is 0 Å². The summed E-state index contributed by atoms with van der Waals surface area (Å²) in [6.45, 7) is 7.02. The van der Waals surface area contributed by atoms with Crippen LogP contribution in [0.4, 0.5) is 10.5 Å². The van der Waals surface area contributed by atoms with Crippen molar-refractivity contribution in [2.24, 2.45) is 0 Å². The van der Waals surface area contributed by atoms with Crippen LogP contribution in [0.5, 0.6) is 0 Å². The fraction of sp³-hybridized carbons (Fsp3) is 0.588. The summed E-state index contributed by atoms with van der Waals surface area (Å²) in [5.74, 6) is 0. The molecule has 21 heavy (non-hydrogen) atoms. The highest BCUT2D eigenvalue weighted by Crippen LogP contribution is 2.23. The molecule has 0 radical (unpaired) electrons. The number of urea groups is 1.